The molecule has 0 bridgehead atoms. The Morgan fingerprint density at radius 2 is 1.85 bits per heavy atom. The average molecular weight is 308 g/mol. The van der Waals surface area contributed by atoms with E-state index < -0.39 is 0 Å². The van der Waals surface area contributed by atoms with Crippen LogP contribution in [0.3, 0.4) is 0 Å². The Morgan fingerprint density at radius 3 is 2.35 bits per heavy atom. The number of nitrogens with zero attached hydrogens (tertiary/aromatic N) is 1. The van der Waals surface area contributed by atoms with Crippen LogP contribution in [-0.4, -0.2) is 10.9 Å². The van der Waals surface area contributed by atoms with E-state index >= 15 is 0 Å². The van der Waals surface area contributed by atoms with Crippen molar-refractivity contribution in [2.75, 3.05) is 5.88 Å². The topological polar surface area (TPSA) is 12.9 Å². The van der Waals surface area contributed by atoms with Gasteiger partial charge in [0.25, 0.3) is 0 Å². The van der Waals surface area contributed by atoms with E-state index in [1.165, 1.54) is 21.8 Å². The van der Waals surface area contributed by atoms with Gasteiger partial charge in [-0.1, -0.05) is 50.6 Å². The molecule has 2 aromatic rings. The van der Waals surface area contributed by atoms with E-state index in [1.54, 1.807) is 11.3 Å². The summed E-state index contributed by atoms with van der Waals surface area (Å²) in [6, 6.07) is 8.66. The van der Waals surface area contributed by atoms with Gasteiger partial charge >= 0.3 is 0 Å². The molecule has 1 aromatic carbocycles. The molecule has 2 rings (SSSR count). The van der Waals surface area contributed by atoms with Gasteiger partial charge in [-0.25, -0.2) is 4.98 Å². The highest BCUT2D eigenvalue weighted by Crippen LogP contribution is 2.28. The van der Waals surface area contributed by atoms with Gasteiger partial charge in [0.2, 0.25) is 0 Å². The van der Waals surface area contributed by atoms with E-state index in [0.29, 0.717) is 11.8 Å². The molecule has 0 amide bonds. The molecular weight excluding hydrogens is 286 g/mol. The molecule has 20 heavy (non-hydrogen) atoms. The number of halogens is 1. The molecule has 3 heteroatoms. The van der Waals surface area contributed by atoms with Crippen molar-refractivity contribution in [3.8, 4) is 0 Å². The predicted molar refractivity (Wildman–Crippen MR) is 89.2 cm³/mol. The van der Waals surface area contributed by atoms with Crippen molar-refractivity contribution in [1.29, 1.82) is 0 Å². The standard InChI is InChI=1S/C17H22ClNS/c1-12-5-7-13(8-6-12)14(10-18)9-16-19-15(11-20-16)17(2,3)4/h5-8,11,14H,9-10H2,1-4H3. The molecule has 0 N–H and O–H groups in total. The number of alkyl halides is 1. The molecule has 0 spiro atoms. The lowest BCUT2D eigenvalue weighted by molar-refractivity contribution is 0.569. The average Bonchev–Trinajstić information content (AvgIpc) is 2.85. The molecule has 0 aliphatic heterocycles. The Hall–Kier alpha value is -0.860. The van der Waals surface area contributed by atoms with Crippen LogP contribution in [0.15, 0.2) is 29.6 Å². The maximum atomic E-state index is 6.17. The zero-order valence-electron chi connectivity index (χ0n) is 12.6. The second-order valence-electron chi connectivity index (χ2n) is 6.34. The van der Waals surface area contributed by atoms with Crippen molar-refractivity contribution >= 4 is 22.9 Å². The van der Waals surface area contributed by atoms with Crippen LogP contribution in [0.5, 0.6) is 0 Å². The third-order valence-corrected chi connectivity index (χ3v) is 4.72. The number of aromatic nitrogens is 1. The van der Waals surface area contributed by atoms with Crippen molar-refractivity contribution in [3.63, 3.8) is 0 Å². The van der Waals surface area contributed by atoms with Crippen molar-refractivity contribution in [3.05, 3.63) is 51.5 Å². The number of hydrogen-bond donors (Lipinski definition) is 0. The van der Waals surface area contributed by atoms with Crippen molar-refractivity contribution < 1.29 is 0 Å². The summed E-state index contributed by atoms with van der Waals surface area (Å²) in [7, 11) is 0. The summed E-state index contributed by atoms with van der Waals surface area (Å²) < 4.78 is 0. The fourth-order valence-electron chi connectivity index (χ4n) is 2.06. The minimum atomic E-state index is 0.120. The number of thiazole rings is 1. The number of hydrogen-bond acceptors (Lipinski definition) is 2. The van der Waals surface area contributed by atoms with Gasteiger partial charge in [-0.15, -0.1) is 22.9 Å². The number of aryl methyl sites for hydroxylation is 1. The summed E-state index contributed by atoms with van der Waals surface area (Å²) in [4.78, 5) is 4.77. The zero-order chi connectivity index (χ0) is 14.8. The SMILES string of the molecule is Cc1ccc(C(CCl)Cc2nc(C(C)(C)C)cs2)cc1. The quantitative estimate of drug-likeness (QED) is 0.697. The van der Waals surface area contributed by atoms with Gasteiger partial charge < -0.3 is 0 Å². The van der Waals surface area contributed by atoms with Crippen LogP contribution >= 0.6 is 22.9 Å². The van der Waals surface area contributed by atoms with Crippen molar-refractivity contribution in [2.24, 2.45) is 0 Å². The fraction of sp³-hybridized carbons (Fsp3) is 0.471. The molecular formula is C17H22ClNS. The van der Waals surface area contributed by atoms with Crippen LogP contribution < -0.4 is 0 Å². The second-order valence-corrected chi connectivity index (χ2v) is 7.59. The molecule has 0 saturated carbocycles. The van der Waals surface area contributed by atoms with Crippen LogP contribution in [0.1, 0.15) is 48.5 Å². The lowest BCUT2D eigenvalue weighted by Gasteiger charge is -2.15. The molecule has 1 unspecified atom stereocenters. The highest BCUT2D eigenvalue weighted by atomic mass is 35.5. The minimum Gasteiger partial charge on any atom is -0.246 e. The minimum absolute atomic E-state index is 0.120. The van der Waals surface area contributed by atoms with E-state index in [2.05, 4.69) is 57.3 Å². The third-order valence-electron chi connectivity index (χ3n) is 3.48. The molecule has 0 radical (unpaired) electrons. The maximum absolute atomic E-state index is 6.17. The van der Waals surface area contributed by atoms with E-state index in [4.69, 9.17) is 16.6 Å². The van der Waals surface area contributed by atoms with Gasteiger partial charge in [-0.3, -0.25) is 0 Å². The van der Waals surface area contributed by atoms with Crippen LogP contribution in [0.4, 0.5) is 0 Å². The van der Waals surface area contributed by atoms with Crippen LogP contribution in [0.2, 0.25) is 0 Å². The zero-order valence-corrected chi connectivity index (χ0v) is 14.2. The normalized spacial score (nSPS) is 13.4. The Balaban J connectivity index is 2.14. The molecule has 0 aliphatic carbocycles. The lowest BCUT2D eigenvalue weighted by Crippen LogP contribution is -2.12. The fourth-order valence-corrected chi connectivity index (χ4v) is 3.45. The Labute approximate surface area is 131 Å². The lowest BCUT2D eigenvalue weighted by atomic mass is 9.93. The second kappa shape index (κ2) is 6.28. The van der Waals surface area contributed by atoms with Crippen LogP contribution in [0.25, 0.3) is 0 Å². The summed E-state index contributed by atoms with van der Waals surface area (Å²) in [5.41, 5.74) is 3.88. The highest BCUT2D eigenvalue weighted by molar-refractivity contribution is 7.09. The summed E-state index contributed by atoms with van der Waals surface area (Å²) in [5.74, 6) is 0.976. The summed E-state index contributed by atoms with van der Waals surface area (Å²) in [6.07, 6.45) is 0.924. The Bertz CT molecular complexity index is 551. The van der Waals surface area contributed by atoms with Crippen LogP contribution in [0, 0.1) is 6.92 Å². The van der Waals surface area contributed by atoms with Gasteiger partial charge in [-0.2, -0.15) is 0 Å². The van der Waals surface area contributed by atoms with Gasteiger partial charge in [0, 0.05) is 29.0 Å². The van der Waals surface area contributed by atoms with E-state index in [9.17, 15) is 0 Å². The predicted octanol–water partition coefficient (Wildman–Crippen LogP) is 5.31. The van der Waals surface area contributed by atoms with Gasteiger partial charge in [0.05, 0.1) is 10.7 Å². The molecule has 1 nitrogen and oxygen atoms in total. The molecule has 108 valence electrons. The summed E-state index contributed by atoms with van der Waals surface area (Å²) in [6.45, 7) is 8.70. The Kier molecular flexibility index (Phi) is 4.87. The third kappa shape index (κ3) is 3.83. The van der Waals surface area contributed by atoms with E-state index in [0.717, 1.165) is 6.42 Å². The first kappa shape index (κ1) is 15.5. The monoisotopic (exact) mass is 307 g/mol. The van der Waals surface area contributed by atoms with E-state index in [-0.39, 0.29) is 5.41 Å². The van der Waals surface area contributed by atoms with Gasteiger partial charge in [0.1, 0.15) is 0 Å². The van der Waals surface area contributed by atoms with E-state index in [1.807, 2.05) is 0 Å². The van der Waals surface area contributed by atoms with Crippen LogP contribution in [-0.2, 0) is 11.8 Å². The molecule has 0 fully saturated rings. The largest absolute Gasteiger partial charge is 0.246 e. The van der Waals surface area contributed by atoms with Gasteiger partial charge in [0.15, 0.2) is 0 Å². The smallest absolute Gasteiger partial charge is 0.0935 e. The molecule has 0 aliphatic rings. The molecule has 1 heterocycles. The van der Waals surface area contributed by atoms with Crippen molar-refractivity contribution in [2.45, 2.75) is 45.4 Å². The summed E-state index contributed by atoms with van der Waals surface area (Å²) in [5, 5.41) is 3.36. The number of rotatable bonds is 4. The number of benzene rings is 1. The first-order chi connectivity index (χ1) is 9.40. The van der Waals surface area contributed by atoms with Crippen molar-refractivity contribution in [1.82, 2.24) is 4.98 Å². The Morgan fingerprint density at radius 1 is 1.20 bits per heavy atom. The first-order valence-electron chi connectivity index (χ1n) is 6.97. The summed E-state index contributed by atoms with van der Waals surface area (Å²) >= 11 is 7.91. The van der Waals surface area contributed by atoms with Gasteiger partial charge in [-0.05, 0) is 12.5 Å². The highest BCUT2D eigenvalue weighted by Gasteiger charge is 2.19. The maximum Gasteiger partial charge on any atom is 0.0935 e. The first-order valence-corrected chi connectivity index (χ1v) is 8.39. The molecule has 1 atom stereocenters. The molecule has 1 aromatic heterocycles. The molecule has 0 saturated heterocycles.